The highest BCUT2D eigenvalue weighted by Gasteiger charge is 2.15. The Kier molecular flexibility index (Phi) is 85.4. The Bertz CT molecular complexity index is 2790. The van der Waals surface area contributed by atoms with Crippen LogP contribution in [0.4, 0.5) is 56.9 Å². The van der Waals surface area contributed by atoms with Crippen LogP contribution in [0.1, 0.15) is 191 Å². The van der Waals surface area contributed by atoms with Crippen molar-refractivity contribution in [1.82, 2.24) is 0 Å². The minimum Gasteiger partial charge on any atom is -0.345 e. The lowest BCUT2D eigenvalue weighted by Gasteiger charge is -2.27. The average molecular weight is 1350 g/mol. The summed E-state index contributed by atoms with van der Waals surface area (Å²) in [5.41, 5.74) is 13.9. The Labute approximate surface area is 619 Å². The van der Waals surface area contributed by atoms with E-state index in [0.29, 0.717) is 0 Å². The molecule has 0 heterocycles. The third-order valence-electron chi connectivity index (χ3n) is 11.9. The summed E-state index contributed by atoms with van der Waals surface area (Å²) in [6.07, 6.45) is 0. The van der Waals surface area contributed by atoms with Crippen LogP contribution in [-0.2, 0) is 0 Å². The zero-order valence-electron chi connectivity index (χ0n) is 69.0. The fourth-order valence-electron chi connectivity index (χ4n) is 7.89. The van der Waals surface area contributed by atoms with E-state index in [4.69, 9.17) is 0 Å². The van der Waals surface area contributed by atoms with Gasteiger partial charge in [-0.15, -0.1) is 0 Å². The van der Waals surface area contributed by atoms with Crippen molar-refractivity contribution >= 4 is 56.9 Å². The highest BCUT2D eigenvalue weighted by Crippen LogP contribution is 2.38. The number of anilines is 10. The van der Waals surface area contributed by atoms with Crippen molar-refractivity contribution in [1.29, 1.82) is 0 Å². The first-order chi connectivity index (χ1) is 49.4. The van der Waals surface area contributed by atoms with Gasteiger partial charge in [0.05, 0.1) is 0 Å². The van der Waals surface area contributed by atoms with Gasteiger partial charge in [-0.05, 0) is 135 Å². The standard InChI is InChI=1S/C44H38N4.2C7H8.2C6H6.13C2H6/c1-45(37-27-31-43(32-28-37)47(39-15-7-3-8-16-39)40-17-9-4-10-18-40)35-23-25-36(26-24-35)46(2)38-29-33-44(34-30-38)48(41-19-11-5-12-20-41)42-21-13-6-14-22-42;2*1-7-5-3-2-4-6-7;2*1-2-4-6-5-3-1;13*1-2/h3-34H,1-2H3;2*2-6H,1H3;2*1-6H;13*1-2H3. The molecule has 4 heteroatoms. The van der Waals surface area contributed by atoms with Crippen LogP contribution in [0.15, 0.2) is 328 Å². The molecule has 11 rings (SSSR count). The summed E-state index contributed by atoms with van der Waals surface area (Å²) in [5.74, 6) is 0. The van der Waals surface area contributed by atoms with Crippen LogP contribution in [0.3, 0.4) is 0 Å². The SMILES string of the molecule is CC.CC.CC.CC.CC.CC.CC.CC.CC.CC.CC.CC.CC.CN(c1ccc(N(C)c2ccc(N(c3ccccc3)c3ccccc3)cc2)cc1)c1ccc(N(c2ccccc2)c2ccccc2)cc1.Cc1ccccc1.Cc1ccccc1.c1ccccc1.c1ccccc1. The van der Waals surface area contributed by atoms with Crippen LogP contribution in [-0.4, -0.2) is 14.1 Å². The third kappa shape index (κ3) is 46.8. The van der Waals surface area contributed by atoms with Crippen LogP contribution in [0.2, 0.25) is 0 Å². The molecular weight excluding hydrogens is 1210 g/mol. The molecule has 0 fully saturated rings. The molecule has 0 aliphatic heterocycles. The Morgan fingerprint density at radius 2 is 0.230 bits per heavy atom. The maximum absolute atomic E-state index is 2.28. The molecule has 0 amide bonds. The maximum atomic E-state index is 2.28. The summed E-state index contributed by atoms with van der Waals surface area (Å²) >= 11 is 0. The lowest BCUT2D eigenvalue weighted by molar-refractivity contribution is 1.18. The smallest absolute Gasteiger partial charge is 0.0463 e. The number of benzene rings is 11. The van der Waals surface area contributed by atoms with Crippen molar-refractivity contribution in [2.75, 3.05) is 33.7 Å². The molecular formula is C96H144N4. The van der Waals surface area contributed by atoms with Gasteiger partial charge in [-0.25, -0.2) is 0 Å². The minimum absolute atomic E-state index is 1.11. The minimum atomic E-state index is 1.11. The fourth-order valence-corrected chi connectivity index (χ4v) is 7.89. The van der Waals surface area contributed by atoms with Gasteiger partial charge >= 0.3 is 0 Å². The molecule has 0 radical (unpaired) electrons. The molecule has 0 N–H and O–H groups in total. The fraction of sp³-hybridized carbons (Fsp3) is 0.312. The second-order valence-corrected chi connectivity index (χ2v) is 17.3. The van der Waals surface area contributed by atoms with Crippen molar-refractivity contribution in [3.05, 3.63) is 339 Å². The first-order valence-electron chi connectivity index (χ1n) is 38.1. The van der Waals surface area contributed by atoms with Gasteiger partial charge in [0.2, 0.25) is 0 Å². The Morgan fingerprint density at radius 3 is 0.350 bits per heavy atom. The predicted octanol–water partition coefficient (Wildman–Crippen LogP) is 32.9. The zero-order chi connectivity index (χ0) is 77.4. The van der Waals surface area contributed by atoms with E-state index in [-0.39, 0.29) is 0 Å². The van der Waals surface area contributed by atoms with E-state index < -0.39 is 0 Å². The Morgan fingerprint density at radius 1 is 0.130 bits per heavy atom. The number of nitrogens with zero attached hydrogens (tertiary/aromatic N) is 4. The number of hydrogen-bond donors (Lipinski definition) is 0. The van der Waals surface area contributed by atoms with Gasteiger partial charge in [0.15, 0.2) is 0 Å². The van der Waals surface area contributed by atoms with Crippen molar-refractivity contribution in [3.8, 4) is 0 Å². The molecule has 0 saturated carbocycles. The maximum Gasteiger partial charge on any atom is 0.0463 e. The van der Waals surface area contributed by atoms with E-state index in [9.17, 15) is 0 Å². The normalized spacial score (nSPS) is 8.10. The highest BCUT2D eigenvalue weighted by atomic mass is 15.2. The Hall–Kier alpha value is -9.38. The molecule has 0 aromatic heterocycles. The average Bonchev–Trinajstić information content (AvgIpc) is 0.817. The lowest BCUT2D eigenvalue weighted by atomic mass is 10.1. The zero-order valence-corrected chi connectivity index (χ0v) is 69.0. The Balaban J connectivity index is -0.000000270. The van der Waals surface area contributed by atoms with Gasteiger partial charge in [-0.2, -0.15) is 0 Å². The van der Waals surface area contributed by atoms with Crippen molar-refractivity contribution in [2.24, 2.45) is 0 Å². The van der Waals surface area contributed by atoms with Crippen molar-refractivity contribution in [3.63, 3.8) is 0 Å². The van der Waals surface area contributed by atoms with E-state index in [2.05, 4.69) is 266 Å². The lowest BCUT2D eigenvalue weighted by Crippen LogP contribution is -2.13. The van der Waals surface area contributed by atoms with E-state index in [0.717, 1.165) is 56.9 Å². The number of hydrogen-bond acceptors (Lipinski definition) is 4. The van der Waals surface area contributed by atoms with Crippen LogP contribution in [0.5, 0.6) is 0 Å². The molecule has 0 aliphatic carbocycles. The first kappa shape index (κ1) is 104. The molecule has 0 aliphatic rings. The molecule has 0 atom stereocenters. The predicted molar refractivity (Wildman–Crippen MR) is 468 cm³/mol. The second-order valence-electron chi connectivity index (χ2n) is 17.3. The quantitative estimate of drug-likeness (QED) is 0.135. The summed E-state index contributed by atoms with van der Waals surface area (Å²) in [7, 11) is 4.23. The molecule has 0 saturated heterocycles. The number of aryl methyl sites for hydroxylation is 2. The van der Waals surface area contributed by atoms with Gasteiger partial charge in [-0.1, -0.05) is 397 Å². The number of para-hydroxylation sites is 4. The third-order valence-corrected chi connectivity index (χ3v) is 11.9. The molecule has 11 aromatic rings. The van der Waals surface area contributed by atoms with E-state index in [1.165, 1.54) is 11.1 Å². The van der Waals surface area contributed by atoms with Gasteiger partial charge < -0.3 is 19.6 Å². The summed E-state index contributed by atoms with van der Waals surface area (Å²) < 4.78 is 0. The monoisotopic (exact) mass is 1350 g/mol. The molecule has 0 bridgehead atoms. The number of rotatable bonds is 10. The van der Waals surface area contributed by atoms with Crippen LogP contribution >= 0.6 is 0 Å². The topological polar surface area (TPSA) is 13.0 Å². The molecule has 0 spiro atoms. The van der Waals surface area contributed by atoms with Gasteiger partial charge in [0, 0.05) is 71.0 Å². The van der Waals surface area contributed by atoms with Gasteiger partial charge in [0.25, 0.3) is 0 Å². The highest BCUT2D eigenvalue weighted by molar-refractivity contribution is 5.80. The summed E-state index contributed by atoms with van der Waals surface area (Å²) in [6, 6.07) is 113. The molecule has 11 aromatic carbocycles. The van der Waals surface area contributed by atoms with Gasteiger partial charge in [0.1, 0.15) is 0 Å². The second kappa shape index (κ2) is 82.0. The summed E-state index contributed by atoms with van der Waals surface area (Å²) in [4.78, 5) is 9.00. The van der Waals surface area contributed by atoms with E-state index in [1.807, 2.05) is 289 Å². The van der Waals surface area contributed by atoms with Crippen LogP contribution in [0.25, 0.3) is 0 Å². The van der Waals surface area contributed by atoms with E-state index >= 15 is 0 Å². The summed E-state index contributed by atoms with van der Waals surface area (Å²) in [5, 5.41) is 0. The van der Waals surface area contributed by atoms with E-state index in [1.54, 1.807) is 0 Å². The molecule has 548 valence electrons. The summed E-state index contributed by atoms with van der Waals surface area (Å²) in [6.45, 7) is 56.2. The molecule has 0 unspecified atom stereocenters. The van der Waals surface area contributed by atoms with Crippen LogP contribution in [0, 0.1) is 13.8 Å². The molecule has 4 nitrogen and oxygen atoms in total. The van der Waals surface area contributed by atoms with Crippen LogP contribution < -0.4 is 19.6 Å². The first-order valence-corrected chi connectivity index (χ1v) is 38.1. The van der Waals surface area contributed by atoms with Crippen molar-refractivity contribution in [2.45, 2.75) is 194 Å². The largest absolute Gasteiger partial charge is 0.345 e. The molecule has 100 heavy (non-hydrogen) atoms. The van der Waals surface area contributed by atoms with Gasteiger partial charge in [-0.3, -0.25) is 0 Å². The van der Waals surface area contributed by atoms with Crippen molar-refractivity contribution < 1.29 is 0 Å².